The van der Waals surface area contributed by atoms with Gasteiger partial charge in [0.1, 0.15) is 0 Å². The minimum Gasteiger partial charge on any atom is -0.481 e. The Morgan fingerprint density at radius 3 is 2.56 bits per heavy atom. The minimum atomic E-state index is -3.60. The maximum Gasteiger partial charge on any atom is 0.304 e. The third-order valence-electron chi connectivity index (χ3n) is 2.91. The van der Waals surface area contributed by atoms with E-state index in [0.29, 0.717) is 13.2 Å². The molecule has 18 heavy (non-hydrogen) atoms. The molecule has 1 saturated heterocycles. The zero-order chi connectivity index (χ0) is 13.8. The molecule has 0 aromatic carbocycles. The van der Waals surface area contributed by atoms with Crippen LogP contribution < -0.4 is 0 Å². The first-order valence-electron chi connectivity index (χ1n) is 5.85. The number of nitrogens with zero attached hydrogens (tertiary/aromatic N) is 2. The monoisotopic (exact) mass is 280 g/mol. The zero-order valence-corrected chi connectivity index (χ0v) is 11.5. The van der Waals surface area contributed by atoms with Crippen molar-refractivity contribution in [2.75, 3.05) is 33.8 Å². The van der Waals surface area contributed by atoms with Crippen LogP contribution in [-0.4, -0.2) is 68.0 Å². The lowest BCUT2D eigenvalue weighted by Crippen LogP contribution is -2.43. The maximum absolute atomic E-state index is 12.0. The van der Waals surface area contributed by atoms with Crippen molar-refractivity contribution in [2.24, 2.45) is 0 Å². The van der Waals surface area contributed by atoms with Crippen LogP contribution in [0.2, 0.25) is 0 Å². The van der Waals surface area contributed by atoms with Crippen molar-refractivity contribution < 1.29 is 23.1 Å². The SMILES string of the molecule is CN(CCC(=O)O)S(=O)(=O)N(C)CC1CCCO1. The number of hydrogen-bond acceptors (Lipinski definition) is 4. The summed E-state index contributed by atoms with van der Waals surface area (Å²) in [5.41, 5.74) is 0. The van der Waals surface area contributed by atoms with Gasteiger partial charge in [-0.2, -0.15) is 17.0 Å². The number of rotatable bonds is 7. The first kappa shape index (κ1) is 15.4. The van der Waals surface area contributed by atoms with Crippen molar-refractivity contribution >= 4 is 16.2 Å². The molecule has 1 aliphatic rings. The molecule has 1 atom stereocenters. The predicted octanol–water partition coefficient (Wildman–Crippen LogP) is -0.251. The lowest BCUT2D eigenvalue weighted by Gasteiger charge is -2.25. The van der Waals surface area contributed by atoms with Gasteiger partial charge < -0.3 is 9.84 Å². The fraction of sp³-hybridized carbons (Fsp3) is 0.900. The summed E-state index contributed by atoms with van der Waals surface area (Å²) in [5, 5.41) is 8.54. The molecule has 8 heteroatoms. The van der Waals surface area contributed by atoms with E-state index in [9.17, 15) is 13.2 Å². The van der Waals surface area contributed by atoms with Crippen LogP contribution in [0.1, 0.15) is 19.3 Å². The quantitative estimate of drug-likeness (QED) is 0.695. The van der Waals surface area contributed by atoms with Crippen molar-refractivity contribution in [3.8, 4) is 0 Å². The van der Waals surface area contributed by atoms with Gasteiger partial charge >= 0.3 is 5.97 Å². The second-order valence-electron chi connectivity index (χ2n) is 4.39. The van der Waals surface area contributed by atoms with Gasteiger partial charge in [0.2, 0.25) is 0 Å². The Hall–Kier alpha value is -0.700. The fourth-order valence-corrected chi connectivity index (χ4v) is 2.93. The van der Waals surface area contributed by atoms with E-state index in [4.69, 9.17) is 9.84 Å². The van der Waals surface area contributed by atoms with Gasteiger partial charge in [0.15, 0.2) is 0 Å². The number of carboxylic acid groups (broad SMARTS) is 1. The standard InChI is InChI=1S/C10H20N2O5S/c1-11(6-5-10(13)14)18(15,16)12(2)8-9-4-3-7-17-9/h9H,3-8H2,1-2H3,(H,13,14). The molecular weight excluding hydrogens is 260 g/mol. The topological polar surface area (TPSA) is 87.2 Å². The number of carbonyl (C=O) groups is 1. The molecule has 106 valence electrons. The van der Waals surface area contributed by atoms with Gasteiger partial charge in [0, 0.05) is 33.8 Å². The van der Waals surface area contributed by atoms with Crippen molar-refractivity contribution in [3.63, 3.8) is 0 Å². The largest absolute Gasteiger partial charge is 0.481 e. The van der Waals surface area contributed by atoms with E-state index in [0.717, 1.165) is 17.1 Å². The molecule has 1 N–H and O–H groups in total. The summed E-state index contributed by atoms with van der Waals surface area (Å²) in [7, 11) is -0.739. The van der Waals surface area contributed by atoms with E-state index >= 15 is 0 Å². The predicted molar refractivity (Wildman–Crippen MR) is 65.4 cm³/mol. The first-order valence-corrected chi connectivity index (χ1v) is 7.24. The molecular formula is C10H20N2O5S. The number of carboxylic acids is 1. The van der Waals surface area contributed by atoms with E-state index < -0.39 is 16.2 Å². The second-order valence-corrected chi connectivity index (χ2v) is 6.53. The van der Waals surface area contributed by atoms with E-state index in [1.54, 1.807) is 0 Å². The van der Waals surface area contributed by atoms with Crippen LogP contribution >= 0.6 is 0 Å². The molecule has 1 fully saturated rings. The van der Waals surface area contributed by atoms with Crippen molar-refractivity contribution in [1.29, 1.82) is 0 Å². The summed E-state index contributed by atoms with van der Waals surface area (Å²) < 4.78 is 31.7. The third-order valence-corrected chi connectivity index (χ3v) is 4.82. The highest BCUT2D eigenvalue weighted by Gasteiger charge is 2.27. The third kappa shape index (κ3) is 4.20. The van der Waals surface area contributed by atoms with E-state index in [2.05, 4.69) is 0 Å². The normalized spacial score (nSPS) is 20.8. The number of likely N-dealkylation sites (N-methyl/N-ethyl adjacent to an activating group) is 1. The van der Waals surface area contributed by atoms with Gasteiger partial charge in [-0.1, -0.05) is 0 Å². The lowest BCUT2D eigenvalue weighted by atomic mass is 10.2. The highest BCUT2D eigenvalue weighted by atomic mass is 32.2. The van der Waals surface area contributed by atoms with Gasteiger partial charge in [-0.05, 0) is 12.8 Å². The van der Waals surface area contributed by atoms with Gasteiger partial charge in [-0.3, -0.25) is 4.79 Å². The highest BCUT2D eigenvalue weighted by Crippen LogP contribution is 2.15. The van der Waals surface area contributed by atoms with E-state index in [-0.39, 0.29) is 19.1 Å². The van der Waals surface area contributed by atoms with E-state index in [1.807, 2.05) is 0 Å². The van der Waals surface area contributed by atoms with Gasteiger partial charge in [-0.25, -0.2) is 0 Å². The van der Waals surface area contributed by atoms with E-state index in [1.165, 1.54) is 18.4 Å². The molecule has 0 radical (unpaired) electrons. The highest BCUT2D eigenvalue weighted by molar-refractivity contribution is 7.86. The molecule has 7 nitrogen and oxygen atoms in total. The average molecular weight is 280 g/mol. The second kappa shape index (κ2) is 6.46. The van der Waals surface area contributed by atoms with Crippen molar-refractivity contribution in [1.82, 2.24) is 8.61 Å². The number of ether oxygens (including phenoxy) is 1. The lowest BCUT2D eigenvalue weighted by molar-refractivity contribution is -0.137. The molecule has 0 aliphatic carbocycles. The molecule has 0 aromatic heterocycles. The summed E-state index contributed by atoms with van der Waals surface area (Å²) in [5.74, 6) is -1.01. The molecule has 0 spiro atoms. The zero-order valence-electron chi connectivity index (χ0n) is 10.7. The summed E-state index contributed by atoms with van der Waals surface area (Å²) in [6.45, 7) is 0.945. The smallest absolute Gasteiger partial charge is 0.304 e. The summed E-state index contributed by atoms with van der Waals surface area (Å²) in [6, 6.07) is 0. The Morgan fingerprint density at radius 1 is 1.39 bits per heavy atom. The van der Waals surface area contributed by atoms with Crippen LogP contribution in [0.4, 0.5) is 0 Å². The van der Waals surface area contributed by atoms with Crippen LogP contribution in [0.15, 0.2) is 0 Å². The molecule has 1 unspecified atom stereocenters. The van der Waals surface area contributed by atoms with Gasteiger partial charge in [0.25, 0.3) is 10.2 Å². The van der Waals surface area contributed by atoms with Crippen LogP contribution in [0.5, 0.6) is 0 Å². The molecule has 1 rings (SSSR count). The molecule has 0 aromatic rings. The molecule has 0 bridgehead atoms. The number of hydrogen-bond donors (Lipinski definition) is 1. The van der Waals surface area contributed by atoms with Crippen LogP contribution in [0.3, 0.4) is 0 Å². The minimum absolute atomic E-state index is 0.0342. The fourth-order valence-electron chi connectivity index (χ4n) is 1.78. The summed E-state index contributed by atoms with van der Waals surface area (Å²) >= 11 is 0. The summed E-state index contributed by atoms with van der Waals surface area (Å²) in [4.78, 5) is 10.4. The van der Waals surface area contributed by atoms with Crippen molar-refractivity contribution in [2.45, 2.75) is 25.4 Å². The van der Waals surface area contributed by atoms with Crippen molar-refractivity contribution in [3.05, 3.63) is 0 Å². The molecule has 1 heterocycles. The Kier molecular flexibility index (Phi) is 5.51. The Bertz CT molecular complexity index is 378. The maximum atomic E-state index is 12.0. The Balaban J connectivity index is 2.52. The molecule has 1 aliphatic heterocycles. The number of aliphatic carboxylic acids is 1. The van der Waals surface area contributed by atoms with Crippen LogP contribution in [0, 0.1) is 0 Å². The van der Waals surface area contributed by atoms with Gasteiger partial charge in [-0.15, -0.1) is 0 Å². The molecule has 0 amide bonds. The summed E-state index contributed by atoms with van der Waals surface area (Å²) in [6.07, 6.45) is 1.55. The first-order chi connectivity index (χ1) is 8.34. The Labute approximate surface area is 108 Å². The molecule has 0 saturated carbocycles. The van der Waals surface area contributed by atoms with Gasteiger partial charge in [0.05, 0.1) is 12.5 Å². The van der Waals surface area contributed by atoms with Crippen LogP contribution in [0.25, 0.3) is 0 Å². The van der Waals surface area contributed by atoms with Crippen LogP contribution in [-0.2, 0) is 19.7 Å². The average Bonchev–Trinajstić information content (AvgIpc) is 2.78. The Morgan fingerprint density at radius 2 is 2.06 bits per heavy atom.